The Labute approximate surface area is 95.3 Å². The fraction of sp³-hybridized carbons (Fsp3) is 0.500. The molecule has 16 heavy (non-hydrogen) atoms. The van der Waals surface area contributed by atoms with Crippen LogP contribution in [0.2, 0.25) is 0 Å². The lowest BCUT2D eigenvalue weighted by atomic mass is 10.3. The van der Waals surface area contributed by atoms with E-state index in [2.05, 4.69) is 30.1 Å². The molecule has 0 atom stereocenters. The van der Waals surface area contributed by atoms with E-state index in [1.54, 1.807) is 0 Å². The Balaban J connectivity index is 2.45. The first-order valence-corrected chi connectivity index (χ1v) is 5.50. The van der Waals surface area contributed by atoms with Crippen molar-refractivity contribution in [2.24, 2.45) is 0 Å². The molecule has 1 N–H and O–H groups in total. The second-order valence-electron chi connectivity index (χ2n) is 3.50. The van der Waals surface area contributed by atoms with Crippen LogP contribution in [0.4, 0.5) is 14.5 Å². The number of anilines is 1. The molecule has 0 saturated carbocycles. The molecule has 0 heterocycles. The fourth-order valence-corrected chi connectivity index (χ4v) is 1.47. The molecule has 2 nitrogen and oxygen atoms in total. The van der Waals surface area contributed by atoms with E-state index in [9.17, 15) is 8.78 Å². The monoisotopic (exact) mass is 227 g/mol. The van der Waals surface area contributed by atoms with Gasteiger partial charge in [0.2, 0.25) is 0 Å². The van der Waals surface area contributed by atoms with Crippen LogP contribution in [0.3, 0.4) is 0 Å². The molecule has 1 radical (unpaired) electrons. The SMILES string of the molecule is CCN(CC)CCNc1cc(F)[c]cc1F. The summed E-state index contributed by atoms with van der Waals surface area (Å²) in [5.41, 5.74) is 0.198. The summed E-state index contributed by atoms with van der Waals surface area (Å²) in [5, 5.41) is 2.88. The number of nitrogens with one attached hydrogen (secondary N) is 1. The summed E-state index contributed by atoms with van der Waals surface area (Å²) in [4.78, 5) is 2.20. The maximum absolute atomic E-state index is 13.2. The first-order chi connectivity index (χ1) is 7.67. The maximum atomic E-state index is 13.2. The zero-order valence-electron chi connectivity index (χ0n) is 9.69. The molecule has 0 saturated heterocycles. The minimum absolute atomic E-state index is 0.198. The molecule has 0 amide bonds. The van der Waals surface area contributed by atoms with E-state index in [0.29, 0.717) is 6.54 Å². The van der Waals surface area contributed by atoms with Gasteiger partial charge in [0.1, 0.15) is 11.6 Å². The van der Waals surface area contributed by atoms with Gasteiger partial charge in [-0.1, -0.05) is 13.8 Å². The van der Waals surface area contributed by atoms with E-state index in [4.69, 9.17) is 0 Å². The number of hydrogen-bond acceptors (Lipinski definition) is 2. The molecule has 1 aromatic rings. The summed E-state index contributed by atoms with van der Waals surface area (Å²) in [7, 11) is 0. The lowest BCUT2D eigenvalue weighted by Crippen LogP contribution is -2.28. The van der Waals surface area contributed by atoms with Crippen LogP contribution in [0, 0.1) is 17.7 Å². The standard InChI is InChI=1S/C12H17F2N2/c1-3-16(4-2)8-7-15-12-9-10(13)5-6-11(12)14/h6,9,15H,3-4,7-8H2,1-2H3. The van der Waals surface area contributed by atoms with Gasteiger partial charge in [-0.2, -0.15) is 0 Å². The molecule has 0 bridgehead atoms. The Morgan fingerprint density at radius 2 is 2.00 bits per heavy atom. The van der Waals surface area contributed by atoms with E-state index in [1.165, 1.54) is 0 Å². The average molecular weight is 227 g/mol. The highest BCUT2D eigenvalue weighted by molar-refractivity contribution is 5.44. The van der Waals surface area contributed by atoms with Crippen LogP contribution < -0.4 is 5.32 Å². The van der Waals surface area contributed by atoms with Crippen LogP contribution in [0.5, 0.6) is 0 Å². The highest BCUT2D eigenvalue weighted by Crippen LogP contribution is 2.14. The van der Waals surface area contributed by atoms with Crippen LogP contribution in [0.25, 0.3) is 0 Å². The van der Waals surface area contributed by atoms with E-state index in [1.807, 2.05) is 0 Å². The third-order valence-electron chi connectivity index (χ3n) is 2.50. The minimum Gasteiger partial charge on any atom is -0.381 e. The highest BCUT2D eigenvalue weighted by Gasteiger charge is 2.04. The van der Waals surface area contributed by atoms with Crippen LogP contribution in [0.1, 0.15) is 13.8 Å². The van der Waals surface area contributed by atoms with Crippen molar-refractivity contribution in [1.82, 2.24) is 4.90 Å². The quantitative estimate of drug-likeness (QED) is 0.803. The summed E-state index contributed by atoms with van der Waals surface area (Å²) in [6.07, 6.45) is 0. The van der Waals surface area contributed by atoms with Crippen molar-refractivity contribution < 1.29 is 8.78 Å². The second kappa shape index (κ2) is 6.43. The molecule has 1 aromatic carbocycles. The van der Waals surface area contributed by atoms with Gasteiger partial charge < -0.3 is 10.2 Å². The van der Waals surface area contributed by atoms with Crippen LogP contribution >= 0.6 is 0 Å². The third kappa shape index (κ3) is 3.77. The van der Waals surface area contributed by atoms with Gasteiger partial charge in [-0.05, 0) is 19.2 Å². The molecular weight excluding hydrogens is 210 g/mol. The van der Waals surface area contributed by atoms with Crippen LogP contribution in [0.15, 0.2) is 12.1 Å². The van der Waals surface area contributed by atoms with Crippen molar-refractivity contribution in [3.05, 3.63) is 29.8 Å². The van der Waals surface area contributed by atoms with E-state index >= 15 is 0 Å². The molecule has 0 aliphatic carbocycles. The van der Waals surface area contributed by atoms with Crippen molar-refractivity contribution in [3.63, 3.8) is 0 Å². The van der Waals surface area contributed by atoms with Crippen molar-refractivity contribution in [1.29, 1.82) is 0 Å². The zero-order valence-corrected chi connectivity index (χ0v) is 9.69. The summed E-state index contributed by atoms with van der Waals surface area (Å²) in [5.74, 6) is -1.02. The van der Waals surface area contributed by atoms with Crippen molar-refractivity contribution >= 4 is 5.69 Å². The summed E-state index contributed by atoms with van der Waals surface area (Å²) < 4.78 is 26.0. The molecule has 89 valence electrons. The van der Waals surface area contributed by atoms with E-state index < -0.39 is 11.6 Å². The zero-order chi connectivity index (χ0) is 12.0. The van der Waals surface area contributed by atoms with Crippen molar-refractivity contribution in [2.75, 3.05) is 31.5 Å². The topological polar surface area (TPSA) is 15.3 Å². The Morgan fingerprint density at radius 1 is 1.31 bits per heavy atom. The average Bonchev–Trinajstić information content (AvgIpc) is 2.29. The Hall–Kier alpha value is -1.16. The first-order valence-electron chi connectivity index (χ1n) is 5.50. The first kappa shape index (κ1) is 12.9. The molecular formula is C12H17F2N2. The molecule has 0 spiro atoms. The number of halogens is 2. The number of likely N-dealkylation sites (N-methyl/N-ethyl adjacent to an activating group) is 1. The van der Waals surface area contributed by atoms with E-state index in [-0.39, 0.29) is 5.69 Å². The Kier molecular flexibility index (Phi) is 5.19. The fourth-order valence-electron chi connectivity index (χ4n) is 1.47. The second-order valence-corrected chi connectivity index (χ2v) is 3.50. The molecule has 1 rings (SSSR count). The van der Waals surface area contributed by atoms with Crippen molar-refractivity contribution in [2.45, 2.75) is 13.8 Å². The summed E-state index contributed by atoms with van der Waals surface area (Å²) >= 11 is 0. The predicted octanol–water partition coefficient (Wildman–Crippen LogP) is 2.52. The highest BCUT2D eigenvalue weighted by atomic mass is 19.1. The van der Waals surface area contributed by atoms with Gasteiger partial charge in [0, 0.05) is 25.2 Å². The maximum Gasteiger partial charge on any atom is 0.147 e. The number of hydrogen-bond donors (Lipinski definition) is 1. The third-order valence-corrected chi connectivity index (χ3v) is 2.50. The number of nitrogens with zero attached hydrogens (tertiary/aromatic N) is 1. The normalized spacial score (nSPS) is 10.8. The van der Waals surface area contributed by atoms with Crippen LogP contribution in [-0.4, -0.2) is 31.1 Å². The van der Waals surface area contributed by atoms with Crippen LogP contribution in [-0.2, 0) is 0 Å². The van der Waals surface area contributed by atoms with Gasteiger partial charge in [-0.15, -0.1) is 0 Å². The van der Waals surface area contributed by atoms with Gasteiger partial charge in [-0.25, -0.2) is 8.78 Å². The molecule has 0 aromatic heterocycles. The van der Waals surface area contributed by atoms with Gasteiger partial charge in [-0.3, -0.25) is 0 Å². The van der Waals surface area contributed by atoms with Gasteiger partial charge in [0.05, 0.1) is 5.69 Å². The smallest absolute Gasteiger partial charge is 0.147 e. The van der Waals surface area contributed by atoms with Gasteiger partial charge in [0.25, 0.3) is 0 Å². The van der Waals surface area contributed by atoms with Crippen molar-refractivity contribution in [3.8, 4) is 0 Å². The Morgan fingerprint density at radius 3 is 2.62 bits per heavy atom. The summed E-state index contributed by atoms with van der Waals surface area (Å²) in [6.45, 7) is 7.46. The number of benzene rings is 1. The molecule has 0 fully saturated rings. The minimum atomic E-state index is -0.549. The lowest BCUT2D eigenvalue weighted by molar-refractivity contribution is 0.316. The summed E-state index contributed by atoms with van der Waals surface area (Å²) in [6, 6.07) is 4.30. The largest absolute Gasteiger partial charge is 0.381 e. The lowest BCUT2D eigenvalue weighted by Gasteiger charge is -2.18. The van der Waals surface area contributed by atoms with Gasteiger partial charge >= 0.3 is 0 Å². The molecule has 0 aliphatic heterocycles. The predicted molar refractivity (Wildman–Crippen MR) is 61.5 cm³/mol. The molecule has 0 aliphatic rings. The molecule has 0 unspecified atom stereocenters. The van der Waals surface area contributed by atoms with E-state index in [0.717, 1.165) is 31.8 Å². The molecule has 4 heteroatoms. The Bertz CT molecular complexity index is 325. The van der Waals surface area contributed by atoms with Gasteiger partial charge in [0.15, 0.2) is 0 Å². The number of rotatable bonds is 6.